The van der Waals surface area contributed by atoms with Crippen LogP contribution in [0.3, 0.4) is 0 Å². The fraction of sp³-hybridized carbons (Fsp3) is 0.871. The highest BCUT2D eigenvalue weighted by Gasteiger charge is 2.58. The van der Waals surface area contributed by atoms with Crippen molar-refractivity contribution in [2.45, 2.75) is 99.3 Å². The number of amides is 1. The lowest BCUT2D eigenvalue weighted by atomic mass is 9.49. The number of oxime groups is 1. The monoisotopic (exact) mass is 499 g/mol. The van der Waals surface area contributed by atoms with Crippen LogP contribution in [0.2, 0.25) is 0 Å². The Kier molecular flexibility index (Phi) is 8.01. The van der Waals surface area contributed by atoms with Gasteiger partial charge in [0, 0.05) is 26.1 Å². The third-order valence-corrected chi connectivity index (χ3v) is 11.0. The molecule has 5 heteroatoms. The van der Waals surface area contributed by atoms with E-state index in [0.717, 1.165) is 35.9 Å². The van der Waals surface area contributed by atoms with Crippen LogP contribution < -0.4 is 5.32 Å². The normalized spacial score (nSPS) is 38.8. The third kappa shape index (κ3) is 5.15. The maximum Gasteiger partial charge on any atom is 0.435 e. The molecule has 1 amide bonds. The summed E-state index contributed by atoms with van der Waals surface area (Å²) < 4.78 is 0. The number of hydrogen-bond donors (Lipinski definition) is 1. The minimum atomic E-state index is -0.358. The first-order chi connectivity index (χ1) is 16.9. The van der Waals surface area contributed by atoms with Crippen LogP contribution in [0, 0.1) is 45.8 Å². The summed E-state index contributed by atoms with van der Waals surface area (Å²) in [6.07, 6.45) is 14.1. The minimum absolute atomic E-state index is 0.0213. The van der Waals surface area contributed by atoms with Crippen molar-refractivity contribution >= 4 is 11.8 Å². The Labute approximate surface area is 220 Å². The van der Waals surface area contributed by atoms with Crippen molar-refractivity contribution < 1.29 is 9.63 Å². The molecule has 4 rings (SSSR count). The molecule has 4 aliphatic carbocycles. The van der Waals surface area contributed by atoms with Crippen LogP contribution >= 0.6 is 0 Å². The molecule has 0 aromatic heterocycles. The van der Waals surface area contributed by atoms with E-state index in [4.69, 9.17) is 4.84 Å². The van der Waals surface area contributed by atoms with E-state index >= 15 is 0 Å². The second-order valence-electron chi connectivity index (χ2n) is 14.3. The van der Waals surface area contributed by atoms with Crippen molar-refractivity contribution in [3.05, 3.63) is 11.6 Å². The molecule has 0 aromatic rings. The van der Waals surface area contributed by atoms with Crippen molar-refractivity contribution in [1.29, 1.82) is 0 Å². The van der Waals surface area contributed by atoms with Crippen LogP contribution in [0.5, 0.6) is 0 Å². The van der Waals surface area contributed by atoms with E-state index in [2.05, 4.69) is 58.1 Å². The maximum absolute atomic E-state index is 12.7. The highest BCUT2D eigenvalue weighted by molar-refractivity contribution is 5.85. The van der Waals surface area contributed by atoms with Crippen LogP contribution in [0.25, 0.3) is 0 Å². The van der Waals surface area contributed by atoms with Gasteiger partial charge in [0.15, 0.2) is 0 Å². The van der Waals surface area contributed by atoms with Gasteiger partial charge in [0.25, 0.3) is 0 Å². The van der Waals surface area contributed by atoms with E-state index in [1.807, 2.05) is 7.05 Å². The van der Waals surface area contributed by atoms with Gasteiger partial charge in [-0.05, 0) is 112 Å². The summed E-state index contributed by atoms with van der Waals surface area (Å²) in [4.78, 5) is 19.8. The van der Waals surface area contributed by atoms with Crippen LogP contribution in [-0.2, 0) is 4.84 Å². The number of rotatable bonds is 6. The number of nitrogens with zero attached hydrogens (tertiary/aromatic N) is 2. The molecule has 1 N–H and O–H groups in total. The van der Waals surface area contributed by atoms with Gasteiger partial charge in [0.1, 0.15) is 0 Å². The highest BCUT2D eigenvalue weighted by atomic mass is 16.7. The van der Waals surface area contributed by atoms with Gasteiger partial charge in [-0.2, -0.15) is 0 Å². The Balaban J connectivity index is 1.44. The molecule has 0 saturated heterocycles. The number of nitrogens with one attached hydrogen (secondary N) is 1. The predicted molar refractivity (Wildman–Crippen MR) is 149 cm³/mol. The first kappa shape index (κ1) is 27.7. The highest BCUT2D eigenvalue weighted by Crippen LogP contribution is 2.66. The Hall–Kier alpha value is -1.36. The molecule has 1 unspecified atom stereocenters. The molecule has 7 atom stereocenters. The number of allylic oxidation sites excluding steroid dienone is 2. The van der Waals surface area contributed by atoms with E-state index < -0.39 is 0 Å². The molecule has 3 saturated carbocycles. The average Bonchev–Trinajstić information content (AvgIpc) is 3.09. The van der Waals surface area contributed by atoms with Gasteiger partial charge in [-0.25, -0.2) is 4.79 Å². The predicted octanol–water partition coefficient (Wildman–Crippen LogP) is 7.28. The summed E-state index contributed by atoms with van der Waals surface area (Å²) in [5, 5.41) is 7.65. The van der Waals surface area contributed by atoms with E-state index in [-0.39, 0.29) is 16.9 Å². The van der Waals surface area contributed by atoms with Crippen molar-refractivity contribution in [2.75, 3.05) is 27.2 Å². The zero-order valence-corrected chi connectivity index (χ0v) is 24.5. The topological polar surface area (TPSA) is 53.9 Å². The molecule has 3 fully saturated rings. The Morgan fingerprint density at radius 3 is 2.64 bits per heavy atom. The van der Waals surface area contributed by atoms with E-state index in [1.54, 1.807) is 17.5 Å². The van der Waals surface area contributed by atoms with E-state index in [1.165, 1.54) is 57.8 Å². The Morgan fingerprint density at radius 2 is 1.92 bits per heavy atom. The van der Waals surface area contributed by atoms with Gasteiger partial charge in [-0.15, -0.1) is 0 Å². The molecular formula is C31H53N3O2. The number of hydrogen-bond acceptors (Lipinski definition) is 4. The molecule has 0 aliphatic heterocycles. The van der Waals surface area contributed by atoms with Crippen molar-refractivity contribution in [3.8, 4) is 0 Å². The number of fused-ring (bicyclic) bond motifs is 5. The quantitative estimate of drug-likeness (QED) is 0.181. The van der Waals surface area contributed by atoms with Gasteiger partial charge in [-0.3, -0.25) is 4.84 Å². The molecule has 0 heterocycles. The lowest BCUT2D eigenvalue weighted by Gasteiger charge is -2.55. The molecule has 0 radical (unpaired) electrons. The lowest BCUT2D eigenvalue weighted by Crippen LogP contribution is -2.48. The zero-order valence-electron chi connectivity index (χ0n) is 24.5. The Bertz CT molecular complexity index is 879. The summed E-state index contributed by atoms with van der Waals surface area (Å²) in [6.45, 7) is 15.5. The fourth-order valence-electron chi connectivity index (χ4n) is 9.26. The zero-order chi connectivity index (χ0) is 26.3. The first-order valence-electron chi connectivity index (χ1n) is 14.7. The van der Waals surface area contributed by atoms with E-state index in [0.29, 0.717) is 17.9 Å². The van der Waals surface area contributed by atoms with Gasteiger partial charge < -0.3 is 10.2 Å². The average molecular weight is 500 g/mol. The van der Waals surface area contributed by atoms with Crippen LogP contribution in [-0.4, -0.2) is 43.9 Å². The molecule has 204 valence electrons. The minimum Gasteiger partial charge on any atom is -0.319 e. The van der Waals surface area contributed by atoms with Crippen LogP contribution in [0.1, 0.15) is 99.3 Å². The van der Waals surface area contributed by atoms with Gasteiger partial charge in [-0.1, -0.05) is 51.4 Å². The molecule has 0 bridgehead atoms. The van der Waals surface area contributed by atoms with Crippen molar-refractivity contribution in [1.82, 2.24) is 10.2 Å². The van der Waals surface area contributed by atoms with Gasteiger partial charge in [0.05, 0.1) is 5.71 Å². The van der Waals surface area contributed by atoms with Gasteiger partial charge >= 0.3 is 6.09 Å². The summed E-state index contributed by atoms with van der Waals surface area (Å²) in [7, 11) is 3.75. The molecular weight excluding hydrogens is 446 g/mol. The molecule has 0 aromatic carbocycles. The van der Waals surface area contributed by atoms with Crippen LogP contribution in [0.4, 0.5) is 4.79 Å². The number of carbonyl (C=O) groups is 1. The maximum atomic E-state index is 12.7. The second kappa shape index (κ2) is 10.4. The largest absolute Gasteiger partial charge is 0.435 e. The summed E-state index contributed by atoms with van der Waals surface area (Å²) >= 11 is 0. The Morgan fingerprint density at radius 1 is 1.17 bits per heavy atom. The summed E-state index contributed by atoms with van der Waals surface area (Å²) in [6, 6.07) is 0. The fourth-order valence-corrected chi connectivity index (χ4v) is 9.26. The second-order valence-corrected chi connectivity index (χ2v) is 14.3. The standard InChI is InChI=1S/C31H53N3O2/c1-21-14-16-30(5)23(18-21)10-9-11-24-26-13-12-25(31(26,6)17-15-27(24)30)22(2)33-36-28(35)34(8)20-29(3,4)19-32-7/h10,21,24-27,32H,9,11-20H2,1-8H3/b33-22+/t21-,24+,25+,26-,27-,30-,31?/m0/s1. The summed E-state index contributed by atoms with van der Waals surface area (Å²) in [5.74, 6) is 3.67. The number of carbonyl (C=O) groups excluding carboxylic acids is 1. The lowest BCUT2D eigenvalue weighted by molar-refractivity contribution is -0.0283. The van der Waals surface area contributed by atoms with E-state index in [9.17, 15) is 4.79 Å². The van der Waals surface area contributed by atoms with Crippen molar-refractivity contribution in [2.24, 2.45) is 51.0 Å². The SMILES string of the molecule is CNCC(C)(C)CN(C)C(=O)O/N=C(\C)[C@H]1CC[C@H]2[C@H]3CCC=C4C[C@@H](C)CC[C@]4(C)[C@H]3CCC12C. The molecule has 0 spiro atoms. The van der Waals surface area contributed by atoms with Crippen molar-refractivity contribution in [3.63, 3.8) is 0 Å². The summed E-state index contributed by atoms with van der Waals surface area (Å²) in [5.41, 5.74) is 3.47. The van der Waals surface area contributed by atoms with Crippen LogP contribution in [0.15, 0.2) is 16.8 Å². The molecule has 36 heavy (non-hydrogen) atoms. The molecule has 5 nitrogen and oxygen atoms in total. The molecule has 4 aliphatic rings. The smallest absolute Gasteiger partial charge is 0.319 e. The van der Waals surface area contributed by atoms with Gasteiger partial charge in [0.2, 0.25) is 0 Å². The third-order valence-electron chi connectivity index (χ3n) is 11.0. The first-order valence-corrected chi connectivity index (χ1v) is 14.7.